The minimum atomic E-state index is -0.549. The molecule has 0 aliphatic carbocycles. The van der Waals surface area contributed by atoms with Crippen LogP contribution in [-0.2, 0) is 11.3 Å². The topological polar surface area (TPSA) is 37.4 Å². The summed E-state index contributed by atoms with van der Waals surface area (Å²) in [6.07, 6.45) is 0. The first-order valence-corrected chi connectivity index (χ1v) is 6.76. The lowest BCUT2D eigenvalue weighted by Crippen LogP contribution is -2.29. The number of carbonyl (C=O) groups is 2. The molecular formula is C15H9BrFNO2. The van der Waals surface area contributed by atoms with Crippen molar-refractivity contribution in [2.45, 2.75) is 6.54 Å². The summed E-state index contributed by atoms with van der Waals surface area (Å²) >= 11 is 3.11. The van der Waals surface area contributed by atoms with Crippen LogP contribution in [0.4, 0.5) is 10.1 Å². The van der Waals surface area contributed by atoms with Gasteiger partial charge in [-0.05, 0) is 45.8 Å². The van der Waals surface area contributed by atoms with Crippen molar-refractivity contribution in [2.24, 2.45) is 0 Å². The van der Waals surface area contributed by atoms with Crippen LogP contribution in [0.3, 0.4) is 0 Å². The number of anilines is 1. The van der Waals surface area contributed by atoms with Crippen LogP contribution in [0.5, 0.6) is 0 Å². The van der Waals surface area contributed by atoms with E-state index in [0.29, 0.717) is 15.7 Å². The quantitative estimate of drug-likeness (QED) is 0.790. The molecule has 1 amide bonds. The second kappa shape index (κ2) is 4.83. The molecule has 1 aliphatic heterocycles. The number of carbonyl (C=O) groups excluding carboxylic acids is 2. The van der Waals surface area contributed by atoms with Gasteiger partial charge < -0.3 is 4.90 Å². The number of ketones is 1. The average Bonchev–Trinajstić information content (AvgIpc) is 2.69. The second-order valence-electron chi connectivity index (χ2n) is 4.49. The van der Waals surface area contributed by atoms with Crippen LogP contribution in [0.25, 0.3) is 0 Å². The predicted molar refractivity (Wildman–Crippen MR) is 76.1 cm³/mol. The van der Waals surface area contributed by atoms with Gasteiger partial charge in [0.1, 0.15) is 5.82 Å². The fraction of sp³-hybridized carbons (Fsp3) is 0.0667. The molecule has 3 nitrogen and oxygen atoms in total. The highest BCUT2D eigenvalue weighted by atomic mass is 79.9. The molecule has 20 heavy (non-hydrogen) atoms. The zero-order valence-electron chi connectivity index (χ0n) is 10.3. The monoisotopic (exact) mass is 333 g/mol. The highest BCUT2D eigenvalue weighted by molar-refractivity contribution is 9.10. The van der Waals surface area contributed by atoms with E-state index < -0.39 is 11.7 Å². The largest absolute Gasteiger partial charge is 0.300 e. The third kappa shape index (κ3) is 2.04. The molecule has 0 fully saturated rings. The van der Waals surface area contributed by atoms with E-state index in [1.54, 1.807) is 36.4 Å². The van der Waals surface area contributed by atoms with Gasteiger partial charge in [0.05, 0.1) is 22.3 Å². The number of fused-ring (bicyclic) bond motifs is 1. The Hall–Kier alpha value is -2.01. The van der Waals surface area contributed by atoms with Crippen LogP contribution in [0.2, 0.25) is 0 Å². The zero-order chi connectivity index (χ0) is 14.3. The number of amides is 1. The average molecular weight is 334 g/mol. The van der Waals surface area contributed by atoms with Gasteiger partial charge in [-0.2, -0.15) is 0 Å². The second-order valence-corrected chi connectivity index (χ2v) is 5.34. The minimum Gasteiger partial charge on any atom is -0.300 e. The number of benzene rings is 2. The van der Waals surface area contributed by atoms with Gasteiger partial charge >= 0.3 is 0 Å². The first kappa shape index (κ1) is 13.0. The summed E-state index contributed by atoms with van der Waals surface area (Å²) in [5, 5.41) is 0. The summed E-state index contributed by atoms with van der Waals surface area (Å²) < 4.78 is 13.5. The summed E-state index contributed by atoms with van der Waals surface area (Å²) in [4.78, 5) is 25.3. The SMILES string of the molecule is O=C1C(=O)N(Cc2ccc(F)c(Br)c2)c2ccccc21. The van der Waals surface area contributed by atoms with Crippen LogP contribution >= 0.6 is 15.9 Å². The van der Waals surface area contributed by atoms with Gasteiger partial charge in [-0.1, -0.05) is 18.2 Å². The molecule has 5 heteroatoms. The van der Waals surface area contributed by atoms with Crippen molar-refractivity contribution < 1.29 is 14.0 Å². The number of rotatable bonds is 2. The first-order chi connectivity index (χ1) is 9.58. The van der Waals surface area contributed by atoms with Crippen molar-refractivity contribution in [3.05, 3.63) is 63.9 Å². The maximum absolute atomic E-state index is 13.2. The van der Waals surface area contributed by atoms with E-state index in [2.05, 4.69) is 15.9 Å². The molecule has 0 saturated carbocycles. The smallest absolute Gasteiger partial charge is 0.299 e. The summed E-state index contributed by atoms with van der Waals surface area (Å²) in [5.74, 6) is -1.41. The molecular weight excluding hydrogens is 325 g/mol. The molecule has 0 atom stereocenters. The number of halogens is 2. The molecule has 0 N–H and O–H groups in total. The van der Waals surface area contributed by atoms with E-state index in [0.717, 1.165) is 5.56 Å². The van der Waals surface area contributed by atoms with Crippen molar-refractivity contribution in [3.63, 3.8) is 0 Å². The lowest BCUT2D eigenvalue weighted by Gasteiger charge is -2.16. The third-order valence-corrected chi connectivity index (χ3v) is 3.81. The number of nitrogens with zero attached hydrogens (tertiary/aromatic N) is 1. The molecule has 2 aromatic carbocycles. The highest BCUT2D eigenvalue weighted by Gasteiger charge is 2.35. The number of hydrogen-bond acceptors (Lipinski definition) is 2. The van der Waals surface area contributed by atoms with Gasteiger partial charge in [-0.25, -0.2) is 4.39 Å². The Morgan fingerprint density at radius 3 is 2.60 bits per heavy atom. The van der Waals surface area contributed by atoms with Crippen LogP contribution in [0.1, 0.15) is 15.9 Å². The first-order valence-electron chi connectivity index (χ1n) is 5.97. The van der Waals surface area contributed by atoms with E-state index >= 15 is 0 Å². The molecule has 1 aliphatic rings. The summed E-state index contributed by atoms with van der Waals surface area (Å²) in [5.41, 5.74) is 1.76. The molecule has 0 spiro atoms. The summed E-state index contributed by atoms with van der Waals surface area (Å²) in [6, 6.07) is 11.4. The Morgan fingerprint density at radius 1 is 1.10 bits per heavy atom. The van der Waals surface area contributed by atoms with Crippen molar-refractivity contribution in [1.29, 1.82) is 0 Å². The molecule has 0 aromatic heterocycles. The number of hydrogen-bond donors (Lipinski definition) is 0. The molecule has 1 heterocycles. The Balaban J connectivity index is 1.97. The van der Waals surface area contributed by atoms with Crippen molar-refractivity contribution in [1.82, 2.24) is 0 Å². The van der Waals surface area contributed by atoms with Crippen molar-refractivity contribution in [2.75, 3.05) is 4.90 Å². The molecule has 2 aromatic rings. The zero-order valence-corrected chi connectivity index (χ0v) is 11.9. The Labute approximate surface area is 123 Å². The third-order valence-electron chi connectivity index (χ3n) is 3.20. The van der Waals surface area contributed by atoms with Crippen LogP contribution in [-0.4, -0.2) is 11.7 Å². The standard InChI is InChI=1S/C15H9BrFNO2/c16-11-7-9(5-6-12(11)17)8-18-13-4-2-1-3-10(13)14(19)15(18)20/h1-7H,8H2. The normalized spacial score (nSPS) is 13.8. The highest BCUT2D eigenvalue weighted by Crippen LogP contribution is 2.30. The molecule has 0 bridgehead atoms. The maximum Gasteiger partial charge on any atom is 0.299 e. The van der Waals surface area contributed by atoms with E-state index in [4.69, 9.17) is 0 Å². The minimum absolute atomic E-state index is 0.237. The van der Waals surface area contributed by atoms with Gasteiger partial charge in [0, 0.05) is 0 Å². The van der Waals surface area contributed by atoms with Gasteiger partial charge in [-0.3, -0.25) is 9.59 Å². The number of Topliss-reactive ketones (excluding diaryl/α,β-unsaturated/α-hetero) is 1. The Kier molecular flexibility index (Phi) is 3.14. The Morgan fingerprint density at radius 2 is 1.85 bits per heavy atom. The number of para-hydroxylation sites is 1. The van der Waals surface area contributed by atoms with Crippen LogP contribution < -0.4 is 4.90 Å². The fourth-order valence-corrected chi connectivity index (χ4v) is 2.65. The van der Waals surface area contributed by atoms with E-state index in [-0.39, 0.29) is 12.4 Å². The lowest BCUT2D eigenvalue weighted by molar-refractivity contribution is -0.114. The van der Waals surface area contributed by atoms with Gasteiger partial charge in [-0.15, -0.1) is 0 Å². The van der Waals surface area contributed by atoms with Crippen LogP contribution in [0.15, 0.2) is 46.9 Å². The fourth-order valence-electron chi connectivity index (χ4n) is 2.23. The van der Waals surface area contributed by atoms with Crippen molar-refractivity contribution >= 4 is 33.3 Å². The van der Waals surface area contributed by atoms with Gasteiger partial charge in [0.15, 0.2) is 0 Å². The summed E-state index contributed by atoms with van der Waals surface area (Å²) in [6.45, 7) is 0.237. The Bertz CT molecular complexity index is 730. The van der Waals surface area contributed by atoms with E-state index in [9.17, 15) is 14.0 Å². The molecule has 0 saturated heterocycles. The molecule has 3 rings (SSSR count). The van der Waals surface area contributed by atoms with Gasteiger partial charge in [0.25, 0.3) is 11.7 Å². The van der Waals surface area contributed by atoms with Crippen molar-refractivity contribution in [3.8, 4) is 0 Å². The maximum atomic E-state index is 13.2. The van der Waals surface area contributed by atoms with E-state index in [1.807, 2.05) is 0 Å². The predicted octanol–water partition coefficient (Wildman–Crippen LogP) is 3.32. The lowest BCUT2D eigenvalue weighted by atomic mass is 10.1. The molecule has 100 valence electrons. The van der Waals surface area contributed by atoms with E-state index in [1.165, 1.54) is 11.0 Å². The molecule has 0 radical (unpaired) electrons. The van der Waals surface area contributed by atoms with Gasteiger partial charge in [0.2, 0.25) is 0 Å². The summed E-state index contributed by atoms with van der Waals surface area (Å²) in [7, 11) is 0. The van der Waals surface area contributed by atoms with Crippen LogP contribution in [0, 0.1) is 5.82 Å². The molecule has 0 unspecified atom stereocenters.